The number of nitrogens with zero attached hydrogens (tertiary/aromatic N) is 2. The molecule has 2 aromatic carbocycles. The number of thiophene rings is 1. The van der Waals surface area contributed by atoms with Crippen molar-refractivity contribution in [2.75, 3.05) is 38.8 Å². The second-order valence-corrected chi connectivity index (χ2v) is 11.4. The van der Waals surface area contributed by atoms with E-state index in [1.807, 2.05) is 24.0 Å². The Labute approximate surface area is 219 Å². The maximum Gasteiger partial charge on any atom is 0.259 e. The second kappa shape index (κ2) is 11.2. The molecule has 5 rings (SSSR count). The van der Waals surface area contributed by atoms with Crippen molar-refractivity contribution in [2.24, 2.45) is 5.92 Å². The van der Waals surface area contributed by atoms with E-state index in [9.17, 15) is 4.79 Å². The third-order valence-corrected chi connectivity index (χ3v) is 9.20. The van der Waals surface area contributed by atoms with Crippen LogP contribution in [0.4, 0.5) is 5.00 Å². The Balaban J connectivity index is 1.47. The summed E-state index contributed by atoms with van der Waals surface area (Å²) in [5.41, 5.74) is 1.49. The highest BCUT2D eigenvalue weighted by Crippen LogP contribution is 2.38. The van der Waals surface area contributed by atoms with Gasteiger partial charge in [-0.2, -0.15) is 0 Å². The molecule has 0 N–H and O–H groups in total. The molecule has 2 aliphatic rings. The zero-order chi connectivity index (χ0) is 25.1. The monoisotopic (exact) mass is 506 g/mol. The van der Waals surface area contributed by atoms with Crippen LogP contribution in [0.25, 0.3) is 10.1 Å². The van der Waals surface area contributed by atoms with Crippen LogP contribution < -0.4 is 14.4 Å². The molecule has 1 amide bonds. The molecule has 0 unspecified atom stereocenters. The number of ether oxygens (including phenoxy) is 2. The lowest BCUT2D eigenvalue weighted by molar-refractivity contribution is 0.0975. The van der Waals surface area contributed by atoms with Crippen LogP contribution in [-0.2, 0) is 0 Å². The summed E-state index contributed by atoms with van der Waals surface area (Å²) >= 11 is 1.70. The van der Waals surface area contributed by atoms with Crippen molar-refractivity contribution >= 4 is 32.3 Å². The van der Waals surface area contributed by atoms with Gasteiger partial charge in [0.05, 0.1) is 19.2 Å². The van der Waals surface area contributed by atoms with E-state index in [2.05, 4.69) is 35.2 Å². The molecule has 1 aromatic heterocycles. The Kier molecular flexibility index (Phi) is 7.82. The first-order chi connectivity index (χ1) is 17.6. The molecule has 0 radical (unpaired) electrons. The molecular weight excluding hydrogens is 468 g/mol. The predicted octanol–water partition coefficient (Wildman–Crippen LogP) is 6.92. The number of hydrogen-bond donors (Lipinski definition) is 0. The smallest absolute Gasteiger partial charge is 0.259 e. The molecule has 1 saturated carbocycles. The minimum absolute atomic E-state index is 0.0320. The molecule has 192 valence electrons. The quantitative estimate of drug-likeness (QED) is 0.333. The van der Waals surface area contributed by atoms with Crippen molar-refractivity contribution < 1.29 is 14.3 Å². The predicted molar refractivity (Wildman–Crippen MR) is 149 cm³/mol. The first-order valence-corrected chi connectivity index (χ1v) is 14.2. The normalized spacial score (nSPS) is 19.0. The van der Waals surface area contributed by atoms with Gasteiger partial charge in [-0.05, 0) is 74.7 Å². The van der Waals surface area contributed by atoms with Gasteiger partial charge < -0.3 is 9.47 Å². The van der Waals surface area contributed by atoms with Gasteiger partial charge in [0, 0.05) is 35.0 Å². The van der Waals surface area contributed by atoms with E-state index in [0.717, 1.165) is 29.4 Å². The van der Waals surface area contributed by atoms with Crippen LogP contribution in [0.3, 0.4) is 0 Å². The molecular formula is C30H38N2O3S. The number of hydrogen-bond acceptors (Lipinski definition) is 5. The molecule has 5 nitrogen and oxygen atoms in total. The number of rotatable bonds is 8. The summed E-state index contributed by atoms with van der Waals surface area (Å²) in [5.74, 6) is 2.11. The molecule has 0 bridgehead atoms. The van der Waals surface area contributed by atoms with Gasteiger partial charge in [-0.15, -0.1) is 11.3 Å². The van der Waals surface area contributed by atoms with E-state index in [1.165, 1.54) is 55.2 Å². The number of amides is 1. The minimum atomic E-state index is 0.0320. The van der Waals surface area contributed by atoms with Crippen LogP contribution in [0.1, 0.15) is 60.9 Å². The average Bonchev–Trinajstić information content (AvgIpc) is 3.53. The Morgan fingerprint density at radius 1 is 1.03 bits per heavy atom. The van der Waals surface area contributed by atoms with Gasteiger partial charge in [0.2, 0.25) is 0 Å². The molecule has 3 aromatic rings. The van der Waals surface area contributed by atoms with Crippen LogP contribution >= 0.6 is 11.3 Å². The summed E-state index contributed by atoms with van der Waals surface area (Å²) in [5, 5.41) is 2.20. The fourth-order valence-corrected chi connectivity index (χ4v) is 7.16. The summed E-state index contributed by atoms with van der Waals surface area (Å²) in [4.78, 5) is 18.9. The maximum absolute atomic E-state index is 14.2. The summed E-state index contributed by atoms with van der Waals surface area (Å²) < 4.78 is 12.3. The van der Waals surface area contributed by atoms with Crippen molar-refractivity contribution in [1.82, 2.24) is 4.90 Å². The topological polar surface area (TPSA) is 42.0 Å². The van der Waals surface area contributed by atoms with Gasteiger partial charge >= 0.3 is 0 Å². The molecule has 6 heteroatoms. The van der Waals surface area contributed by atoms with Gasteiger partial charge in [0.15, 0.2) is 11.5 Å². The zero-order valence-corrected chi connectivity index (χ0v) is 22.6. The van der Waals surface area contributed by atoms with E-state index in [4.69, 9.17) is 9.47 Å². The van der Waals surface area contributed by atoms with E-state index < -0.39 is 0 Å². The number of benzene rings is 2. The van der Waals surface area contributed by atoms with Gasteiger partial charge in [0.25, 0.3) is 5.91 Å². The second-order valence-electron chi connectivity index (χ2n) is 10.3. The molecule has 0 spiro atoms. The average molecular weight is 507 g/mol. The Morgan fingerprint density at radius 3 is 2.58 bits per heavy atom. The highest BCUT2D eigenvalue weighted by Gasteiger charge is 2.32. The number of carbonyl (C=O) groups is 1. The number of fused-ring (bicyclic) bond motifs is 1. The summed E-state index contributed by atoms with van der Waals surface area (Å²) in [6.45, 7) is 4.98. The van der Waals surface area contributed by atoms with Gasteiger partial charge in [-0.25, -0.2) is 0 Å². The molecule has 36 heavy (non-hydrogen) atoms. The highest BCUT2D eigenvalue weighted by molar-refractivity contribution is 7.23. The molecule has 2 fully saturated rings. The SMILES string of the molecule is COc1ccc(C(=O)N(C[C@@H]2CCCN2CC2CCCCC2)c2cc3ccccc3s2)c(C)c1OC. The largest absolute Gasteiger partial charge is 0.493 e. The third kappa shape index (κ3) is 5.12. The summed E-state index contributed by atoms with van der Waals surface area (Å²) in [6, 6.07) is 14.7. The minimum Gasteiger partial charge on any atom is -0.493 e. The lowest BCUT2D eigenvalue weighted by Crippen LogP contribution is -2.44. The Morgan fingerprint density at radius 2 is 1.83 bits per heavy atom. The van der Waals surface area contributed by atoms with E-state index in [1.54, 1.807) is 25.6 Å². The fraction of sp³-hybridized carbons (Fsp3) is 0.500. The van der Waals surface area contributed by atoms with Crippen LogP contribution in [0.15, 0.2) is 42.5 Å². The van der Waals surface area contributed by atoms with Crippen LogP contribution in [-0.4, -0.2) is 50.7 Å². The third-order valence-electron chi connectivity index (χ3n) is 8.06. The summed E-state index contributed by atoms with van der Waals surface area (Å²) in [6.07, 6.45) is 9.19. The van der Waals surface area contributed by atoms with Crippen LogP contribution in [0.2, 0.25) is 0 Å². The Hall–Kier alpha value is -2.57. The molecule has 1 saturated heterocycles. The lowest BCUT2D eigenvalue weighted by Gasteiger charge is -2.34. The maximum atomic E-state index is 14.2. The number of carbonyl (C=O) groups excluding carboxylic acids is 1. The van der Waals surface area contributed by atoms with Gasteiger partial charge in [0.1, 0.15) is 0 Å². The van der Waals surface area contributed by atoms with Crippen molar-refractivity contribution in [2.45, 2.75) is 57.9 Å². The molecule has 2 heterocycles. The molecule has 1 aliphatic heterocycles. The highest BCUT2D eigenvalue weighted by atomic mass is 32.1. The van der Waals surface area contributed by atoms with Crippen molar-refractivity contribution in [1.29, 1.82) is 0 Å². The fourth-order valence-electron chi connectivity index (χ4n) is 6.09. The zero-order valence-electron chi connectivity index (χ0n) is 21.8. The van der Waals surface area contributed by atoms with E-state index in [0.29, 0.717) is 29.6 Å². The van der Waals surface area contributed by atoms with Gasteiger partial charge in [-0.1, -0.05) is 37.5 Å². The van der Waals surface area contributed by atoms with Crippen molar-refractivity contribution in [3.63, 3.8) is 0 Å². The number of methoxy groups -OCH3 is 2. The molecule has 1 atom stereocenters. The molecule has 1 aliphatic carbocycles. The first-order valence-electron chi connectivity index (χ1n) is 13.3. The van der Waals surface area contributed by atoms with Crippen molar-refractivity contribution in [3.05, 3.63) is 53.6 Å². The van der Waals surface area contributed by atoms with Gasteiger partial charge in [-0.3, -0.25) is 14.6 Å². The van der Waals surface area contributed by atoms with Crippen LogP contribution in [0.5, 0.6) is 11.5 Å². The van der Waals surface area contributed by atoms with Crippen LogP contribution in [0, 0.1) is 12.8 Å². The van der Waals surface area contributed by atoms with E-state index in [-0.39, 0.29) is 5.91 Å². The Bertz CT molecular complexity index is 1170. The lowest BCUT2D eigenvalue weighted by atomic mass is 9.89. The summed E-state index contributed by atoms with van der Waals surface area (Å²) in [7, 11) is 3.26. The van der Waals surface area contributed by atoms with Crippen molar-refractivity contribution in [3.8, 4) is 11.5 Å². The van der Waals surface area contributed by atoms with E-state index >= 15 is 0 Å². The number of likely N-dealkylation sites (tertiary alicyclic amines) is 1. The standard InChI is InChI=1S/C30H38N2O3S/c1-21-25(15-16-26(34-2)29(21)35-3)30(33)32(28-18-23-12-7-8-14-27(23)36-28)20-24-13-9-17-31(24)19-22-10-5-4-6-11-22/h7-8,12,14-16,18,22,24H,4-6,9-11,13,17,19-20H2,1-3H3/t24-/m0/s1. The number of anilines is 1. The first kappa shape index (κ1) is 25.1.